The first kappa shape index (κ1) is 64.2. The Balaban J connectivity index is 2.11. The second-order valence-corrected chi connectivity index (χ2v) is 22.1. The van der Waals surface area contributed by atoms with Crippen molar-refractivity contribution in [3.63, 3.8) is 0 Å². The largest absolute Gasteiger partial charge is 0.496 e. The van der Waals surface area contributed by atoms with Crippen LogP contribution < -0.4 is 0 Å². The lowest BCUT2D eigenvalue weighted by molar-refractivity contribution is -0.162. The predicted molar refractivity (Wildman–Crippen MR) is 284 cm³/mol. The number of likely N-dealkylation sites (N-methyl/N-ethyl adjacent to an activating group) is 4. The zero-order valence-corrected chi connectivity index (χ0v) is 48.5. The Labute approximate surface area is 448 Å². The van der Waals surface area contributed by atoms with Crippen molar-refractivity contribution in [2.45, 2.75) is 195 Å². The van der Waals surface area contributed by atoms with Crippen molar-refractivity contribution in [1.82, 2.24) is 29.4 Å². The van der Waals surface area contributed by atoms with E-state index in [-0.39, 0.29) is 43.1 Å². The number of methoxy groups -OCH3 is 2. The van der Waals surface area contributed by atoms with Gasteiger partial charge in [-0.2, -0.15) is 0 Å². The molecule has 2 fully saturated rings. The zero-order chi connectivity index (χ0) is 56.8. The summed E-state index contributed by atoms with van der Waals surface area (Å²) in [7, 11) is 8.94. The summed E-state index contributed by atoms with van der Waals surface area (Å²) in [5.74, 6) is -5.91. The summed E-state index contributed by atoms with van der Waals surface area (Å²) in [6, 6.07) is -6.08. The van der Waals surface area contributed by atoms with Crippen molar-refractivity contribution in [1.29, 1.82) is 0 Å². The van der Waals surface area contributed by atoms with Crippen LogP contribution in [0, 0.1) is 29.6 Å². The lowest BCUT2D eigenvalue weighted by Crippen LogP contribution is -2.62. The monoisotopic (exact) mass is 1060 g/mol. The number of amides is 6. The van der Waals surface area contributed by atoms with Crippen molar-refractivity contribution >= 4 is 47.4 Å². The molecular weight excluding hydrogens is 965 g/mol. The Bertz CT molecular complexity index is 2040. The van der Waals surface area contributed by atoms with Crippen LogP contribution in [0.25, 0.3) is 0 Å². The Kier molecular flexibility index (Phi) is 25.2. The normalized spacial score (nSPS) is 30.7. The van der Waals surface area contributed by atoms with Crippen LogP contribution in [0.4, 0.5) is 0 Å². The van der Waals surface area contributed by atoms with Gasteiger partial charge in [-0.3, -0.25) is 33.6 Å². The molecule has 19 nitrogen and oxygen atoms in total. The van der Waals surface area contributed by atoms with Gasteiger partial charge in [-0.05, 0) is 108 Å². The summed E-state index contributed by atoms with van der Waals surface area (Å²) >= 11 is 0. The number of fused-ring (bicyclic) bond motifs is 2. The molecule has 3 aliphatic rings. The smallest absolute Gasteiger partial charge is 0.329 e. The predicted octanol–water partition coefficient (Wildman–Crippen LogP) is 5.22. The fourth-order valence-electron chi connectivity index (χ4n) is 10.6. The fourth-order valence-corrected chi connectivity index (χ4v) is 10.6. The van der Waals surface area contributed by atoms with Gasteiger partial charge in [-0.15, -0.1) is 0 Å². The van der Waals surface area contributed by atoms with Gasteiger partial charge in [0.05, 0.1) is 25.7 Å². The fraction of sp³-hybridized carbons (Fsp3) is 0.786. The number of aliphatic hydroxyl groups excluding tert-OH is 1. The van der Waals surface area contributed by atoms with Crippen LogP contribution in [0.2, 0.25) is 0 Å². The SMILES string of the molecule is CC[C@@H]1CCC[C@@H](O)[C@@H](C)C(=O)O[C@H](C)[C@@H](C)CC=C(C)C(OC)=CC(=O)N(C)[C@@H]([C@@H](C)CC)C(=O)N(C)[C@@H](C(C)C)C(=O)N(C)C(COC)C(=O)N2CCC[C@H]2C(=O)N(C)[C@@H](C(C)C)C(=O)N2CCC[C@H]2C(=O)O1. The molecule has 0 aliphatic carbocycles. The van der Waals surface area contributed by atoms with Crippen LogP contribution in [0.5, 0.6) is 0 Å². The molecule has 426 valence electrons. The van der Waals surface area contributed by atoms with Crippen molar-refractivity contribution < 1.29 is 62.4 Å². The first-order chi connectivity index (χ1) is 35.2. The van der Waals surface area contributed by atoms with E-state index in [2.05, 4.69) is 0 Å². The summed E-state index contributed by atoms with van der Waals surface area (Å²) in [5.41, 5.74) is 0.639. The summed E-state index contributed by atoms with van der Waals surface area (Å²) < 4.78 is 23.1. The zero-order valence-electron chi connectivity index (χ0n) is 48.5. The maximum absolute atomic E-state index is 14.8. The van der Waals surface area contributed by atoms with E-state index < -0.39 is 114 Å². The van der Waals surface area contributed by atoms with E-state index in [0.29, 0.717) is 69.9 Å². The van der Waals surface area contributed by atoms with E-state index in [1.54, 1.807) is 41.7 Å². The second-order valence-electron chi connectivity index (χ2n) is 22.1. The Morgan fingerprint density at radius 2 is 1.20 bits per heavy atom. The van der Waals surface area contributed by atoms with E-state index in [1.807, 2.05) is 47.6 Å². The quantitative estimate of drug-likeness (QED) is 0.310. The van der Waals surface area contributed by atoms with Crippen LogP contribution in [-0.2, 0) is 57.3 Å². The third kappa shape index (κ3) is 16.0. The lowest BCUT2D eigenvalue weighted by atomic mass is 9.93. The van der Waals surface area contributed by atoms with Gasteiger partial charge in [0.1, 0.15) is 54.2 Å². The van der Waals surface area contributed by atoms with Gasteiger partial charge in [0.15, 0.2) is 0 Å². The minimum absolute atomic E-state index is 0.165. The third-order valence-electron chi connectivity index (χ3n) is 16.0. The van der Waals surface area contributed by atoms with Gasteiger partial charge in [-0.25, -0.2) is 4.79 Å². The van der Waals surface area contributed by atoms with Crippen LogP contribution in [0.1, 0.15) is 140 Å². The molecule has 0 aromatic carbocycles. The summed E-state index contributed by atoms with van der Waals surface area (Å²) in [6.07, 6.45) is 5.49. The van der Waals surface area contributed by atoms with Crippen LogP contribution in [0.3, 0.4) is 0 Å². The summed E-state index contributed by atoms with van der Waals surface area (Å²) in [5, 5.41) is 11.1. The van der Waals surface area contributed by atoms with Gasteiger partial charge in [0.2, 0.25) is 29.5 Å². The number of aliphatic hydroxyl groups is 1. The minimum Gasteiger partial charge on any atom is -0.496 e. The molecule has 1 unspecified atom stereocenters. The first-order valence-corrected chi connectivity index (χ1v) is 27.4. The summed E-state index contributed by atoms with van der Waals surface area (Å²) in [4.78, 5) is 123. The third-order valence-corrected chi connectivity index (χ3v) is 16.0. The molecule has 6 amide bonds. The molecule has 3 aliphatic heterocycles. The van der Waals surface area contributed by atoms with Crippen molar-refractivity contribution in [3.05, 3.63) is 23.5 Å². The number of carbonyl (C=O) groups is 8. The van der Waals surface area contributed by atoms with Crippen molar-refractivity contribution in [2.24, 2.45) is 29.6 Å². The van der Waals surface area contributed by atoms with Gasteiger partial charge >= 0.3 is 11.9 Å². The number of hydrogen-bond donors (Lipinski definition) is 1. The number of ether oxygens (including phenoxy) is 4. The van der Waals surface area contributed by atoms with Crippen LogP contribution >= 0.6 is 0 Å². The molecule has 0 aromatic rings. The Morgan fingerprint density at radius 3 is 1.75 bits per heavy atom. The lowest BCUT2D eigenvalue weighted by Gasteiger charge is -2.41. The first-order valence-electron chi connectivity index (χ1n) is 27.4. The second kappa shape index (κ2) is 29.5. The van der Waals surface area contributed by atoms with E-state index in [0.717, 1.165) is 0 Å². The van der Waals surface area contributed by atoms with Gasteiger partial charge < -0.3 is 53.5 Å². The number of cyclic esters (lactones) is 2. The van der Waals surface area contributed by atoms with Crippen LogP contribution in [0.15, 0.2) is 23.5 Å². The average molecular weight is 1060 g/mol. The molecule has 0 saturated carbocycles. The number of rotatable bonds is 8. The highest BCUT2D eigenvalue weighted by atomic mass is 16.5. The van der Waals surface area contributed by atoms with Crippen LogP contribution in [-0.4, -0.2) is 199 Å². The highest BCUT2D eigenvalue weighted by Gasteiger charge is 2.47. The van der Waals surface area contributed by atoms with Gasteiger partial charge in [0.25, 0.3) is 5.91 Å². The molecule has 1 N–H and O–H groups in total. The maximum atomic E-state index is 14.8. The molecule has 19 heteroatoms. The number of esters is 2. The Hall–Kier alpha value is -5.04. The molecule has 2 saturated heterocycles. The van der Waals surface area contributed by atoms with E-state index in [9.17, 15) is 43.5 Å². The molecule has 3 heterocycles. The maximum Gasteiger partial charge on any atom is 0.329 e. The van der Waals surface area contributed by atoms with Crippen molar-refractivity contribution in [3.8, 4) is 0 Å². The average Bonchev–Trinajstić information content (AvgIpc) is 4.08. The standard InChI is InChI=1S/C56H94N6O13/c1-18-35(7)49-53(68)60(15)47(33(3)4)52(67)57(12)43(32-72-16)51(66)61-29-21-24-41(61)50(65)59(14)48(34(5)6)54(69)62-30-22-25-42(62)56(71)75-40(19-2)23-20-26-44(63)38(10)55(70)74-39(11)36(8)27-28-37(9)45(73-17)31-46(64)58(49)13/h28,31,33-36,38-44,47-49,63H,18-27,29-30,32H2,1-17H3/t35-,36-,38+,39+,40+,41-,42-,43?,44+,47-,48-,49-/m0/s1. The number of hydrogen-bond acceptors (Lipinski definition) is 13. The molecule has 12 atom stereocenters. The topological polar surface area (TPSA) is 213 Å². The number of carbonyl (C=O) groups excluding carboxylic acids is 8. The number of nitrogens with zero attached hydrogens (tertiary/aromatic N) is 6. The van der Waals surface area contributed by atoms with E-state index in [1.165, 1.54) is 70.8 Å². The van der Waals surface area contributed by atoms with Crippen molar-refractivity contribution in [2.75, 3.05) is 62.1 Å². The molecule has 0 bridgehead atoms. The van der Waals surface area contributed by atoms with E-state index >= 15 is 0 Å². The van der Waals surface area contributed by atoms with Gasteiger partial charge in [-0.1, -0.05) is 67.9 Å². The molecule has 0 radical (unpaired) electrons. The van der Waals surface area contributed by atoms with Gasteiger partial charge in [0, 0.05) is 54.5 Å². The molecule has 3 rings (SSSR count). The Morgan fingerprint density at radius 1 is 0.653 bits per heavy atom. The summed E-state index contributed by atoms with van der Waals surface area (Å²) in [6.45, 7) is 20.3. The minimum atomic E-state index is -1.19. The van der Waals surface area contributed by atoms with E-state index in [4.69, 9.17) is 18.9 Å². The molecule has 0 aromatic heterocycles. The molecular formula is C56H94N6O13. The highest BCUT2D eigenvalue weighted by Crippen LogP contribution is 2.29. The number of allylic oxidation sites excluding steroid dienone is 2. The molecule has 75 heavy (non-hydrogen) atoms. The highest BCUT2D eigenvalue weighted by molar-refractivity contribution is 5.98. The molecule has 0 spiro atoms.